The molecule has 3 aliphatic rings. The quantitative estimate of drug-likeness (QED) is 0.149. The Morgan fingerprint density at radius 2 is 2.06 bits per heavy atom. The lowest BCUT2D eigenvalue weighted by molar-refractivity contribution is -0.637. The molecule has 2 aliphatic carbocycles. The zero-order valence-electron chi connectivity index (χ0n) is 19.8. The first-order chi connectivity index (χ1) is 17.4. The molecule has 2 saturated carbocycles. The summed E-state index contributed by atoms with van der Waals surface area (Å²) in [5, 5.41) is 36.1. The third-order valence-corrected chi connectivity index (χ3v) is 7.81. The predicted octanol–water partition coefficient (Wildman–Crippen LogP) is 0.722. The predicted molar refractivity (Wildman–Crippen MR) is 129 cm³/mol. The van der Waals surface area contributed by atoms with E-state index in [-0.39, 0.29) is 25.2 Å². The number of ether oxygens (including phenoxy) is 1. The van der Waals surface area contributed by atoms with Gasteiger partial charge >= 0.3 is 0 Å². The molecule has 0 radical (unpaired) electrons. The van der Waals surface area contributed by atoms with Crippen LogP contribution in [0.25, 0.3) is 0 Å². The van der Waals surface area contributed by atoms with Crippen molar-refractivity contribution >= 4 is 29.1 Å². The van der Waals surface area contributed by atoms with Gasteiger partial charge in [0.25, 0.3) is 0 Å². The van der Waals surface area contributed by atoms with E-state index in [1.807, 2.05) is 0 Å². The van der Waals surface area contributed by atoms with E-state index >= 15 is 0 Å². The molecule has 0 bridgehead atoms. The summed E-state index contributed by atoms with van der Waals surface area (Å²) in [5.74, 6) is 0.319. The van der Waals surface area contributed by atoms with E-state index in [9.17, 15) is 19.0 Å². The SMILES string of the molecule is CCCSc1nc(N[C@@H]2C[C@H]2c2ccc(F)c(F)c2)c2c(n1)N([C@@H]1C[C@H](OCCO)[C@@H](O)[C@H]1O)[NH2+]N2. The van der Waals surface area contributed by atoms with Crippen LogP contribution in [0.1, 0.15) is 37.7 Å². The van der Waals surface area contributed by atoms with Gasteiger partial charge in [-0.05, 0) is 30.5 Å². The molecule has 10 nitrogen and oxygen atoms in total. The van der Waals surface area contributed by atoms with E-state index < -0.39 is 36.0 Å². The number of aromatic nitrogens is 2. The van der Waals surface area contributed by atoms with Gasteiger partial charge in [-0.3, -0.25) is 0 Å². The zero-order chi connectivity index (χ0) is 25.4. The van der Waals surface area contributed by atoms with Gasteiger partial charge in [0, 0.05) is 24.1 Å². The second-order valence-electron chi connectivity index (χ2n) is 9.27. The van der Waals surface area contributed by atoms with Crippen LogP contribution in [0.15, 0.2) is 23.4 Å². The molecule has 0 saturated heterocycles. The van der Waals surface area contributed by atoms with Gasteiger partial charge in [-0.25, -0.2) is 19.2 Å². The summed E-state index contributed by atoms with van der Waals surface area (Å²) in [4.78, 5) is 9.44. The Labute approximate surface area is 211 Å². The minimum atomic E-state index is -1.09. The summed E-state index contributed by atoms with van der Waals surface area (Å²) in [6, 6.07) is 3.51. The van der Waals surface area contributed by atoms with Crippen molar-refractivity contribution in [1.29, 1.82) is 0 Å². The molecule has 0 spiro atoms. The first kappa shape index (κ1) is 25.4. The third-order valence-electron chi connectivity index (χ3n) is 6.76. The monoisotopic (exact) mass is 525 g/mol. The number of aliphatic hydroxyl groups excluding tert-OH is 3. The first-order valence-electron chi connectivity index (χ1n) is 12.1. The van der Waals surface area contributed by atoms with E-state index in [0.29, 0.717) is 28.9 Å². The highest BCUT2D eigenvalue weighted by atomic mass is 32.2. The Balaban J connectivity index is 1.37. The summed E-state index contributed by atoms with van der Waals surface area (Å²) < 4.78 is 32.6. The number of quaternary nitrogens is 1. The summed E-state index contributed by atoms with van der Waals surface area (Å²) in [5.41, 5.74) is 6.28. The number of nitrogen functional groups attached to an aromatic ring is 1. The largest absolute Gasteiger partial charge is 0.394 e. The fourth-order valence-corrected chi connectivity index (χ4v) is 5.51. The number of aliphatic hydroxyl groups is 3. The maximum atomic E-state index is 13.7. The number of rotatable bonds is 10. The molecular weight excluding hydrogens is 494 g/mol. The first-order valence-corrected chi connectivity index (χ1v) is 13.1. The Morgan fingerprint density at radius 1 is 1.22 bits per heavy atom. The molecule has 36 heavy (non-hydrogen) atoms. The van der Waals surface area contributed by atoms with Gasteiger partial charge < -0.3 is 25.4 Å². The highest BCUT2D eigenvalue weighted by Gasteiger charge is 2.50. The molecule has 6 atom stereocenters. The topological polar surface area (TPSA) is 140 Å². The lowest BCUT2D eigenvalue weighted by atomic mass is 10.1. The van der Waals surface area contributed by atoms with E-state index in [0.717, 1.165) is 30.2 Å². The summed E-state index contributed by atoms with van der Waals surface area (Å²) in [6.07, 6.45) is -0.712. The van der Waals surface area contributed by atoms with Crippen LogP contribution in [0.5, 0.6) is 0 Å². The Hall–Kier alpha value is -2.29. The van der Waals surface area contributed by atoms with Crippen LogP contribution in [0.4, 0.5) is 26.1 Å². The average Bonchev–Trinajstić information content (AvgIpc) is 3.41. The van der Waals surface area contributed by atoms with E-state index in [4.69, 9.17) is 19.8 Å². The van der Waals surface area contributed by atoms with Crippen molar-refractivity contribution in [3.8, 4) is 0 Å². The molecule has 2 heterocycles. The van der Waals surface area contributed by atoms with Gasteiger partial charge in [0.2, 0.25) is 5.82 Å². The molecule has 5 rings (SSSR count). The fourth-order valence-electron chi connectivity index (χ4n) is 4.81. The number of nitrogens with two attached hydrogens (primary N) is 1. The average molecular weight is 526 g/mol. The van der Waals surface area contributed by atoms with Gasteiger partial charge in [-0.15, -0.1) is 5.53 Å². The Bertz CT molecular complexity index is 1100. The molecule has 7 N–H and O–H groups in total. The van der Waals surface area contributed by atoms with Crippen molar-refractivity contribution < 1.29 is 34.4 Å². The van der Waals surface area contributed by atoms with Crippen LogP contribution < -0.4 is 21.3 Å². The smallest absolute Gasteiger partial charge is 0.214 e. The molecule has 2 aromatic rings. The standard InChI is InChI=1S/C23H30F2N6O4S/c1-2-7-36-23-27-21(26-15-9-12(15)11-3-4-13(24)14(25)8-11)18-22(28-23)31(30-29-18)16-10-17(35-6-5-32)20(34)19(16)33/h3-4,8,12,15-17,19-20,29-30,32-34H,2,5-7,9-10H2,1H3,(H,26,27,28)/p+1/t12-,15+,16+,17-,19-,20+/m0/s1. The third kappa shape index (κ3) is 4.95. The van der Waals surface area contributed by atoms with Crippen LogP contribution in [0.3, 0.4) is 0 Å². The highest BCUT2D eigenvalue weighted by Crippen LogP contribution is 2.45. The number of nitrogens with zero attached hydrogens (tertiary/aromatic N) is 3. The van der Waals surface area contributed by atoms with Crippen molar-refractivity contribution in [1.82, 2.24) is 9.97 Å². The zero-order valence-corrected chi connectivity index (χ0v) is 20.6. The van der Waals surface area contributed by atoms with Crippen LogP contribution in [-0.2, 0) is 4.74 Å². The fraction of sp³-hybridized carbons (Fsp3) is 0.565. The second-order valence-corrected chi connectivity index (χ2v) is 10.3. The minimum absolute atomic E-state index is 0.00360. The number of fused-ring (bicyclic) bond motifs is 1. The number of halogens is 2. The van der Waals surface area contributed by atoms with Crippen LogP contribution in [0, 0.1) is 11.6 Å². The lowest BCUT2D eigenvalue weighted by Crippen LogP contribution is -2.97. The van der Waals surface area contributed by atoms with Crippen LogP contribution in [0.2, 0.25) is 0 Å². The number of benzene rings is 1. The maximum absolute atomic E-state index is 13.7. The molecular formula is C23H31F2N6O4S+. The van der Waals surface area contributed by atoms with Crippen LogP contribution >= 0.6 is 11.8 Å². The molecule has 1 aromatic heterocycles. The lowest BCUT2D eigenvalue weighted by Gasteiger charge is -2.23. The van der Waals surface area contributed by atoms with E-state index in [2.05, 4.69) is 17.7 Å². The molecule has 0 amide bonds. The van der Waals surface area contributed by atoms with E-state index in [1.165, 1.54) is 17.8 Å². The summed E-state index contributed by atoms with van der Waals surface area (Å²) in [7, 11) is 0. The summed E-state index contributed by atoms with van der Waals surface area (Å²) in [6.45, 7) is 1.98. The molecule has 1 aromatic carbocycles. The van der Waals surface area contributed by atoms with Gasteiger partial charge in [0.15, 0.2) is 28.3 Å². The normalized spacial score (nSPS) is 28.8. The molecule has 196 valence electrons. The molecule has 1 aliphatic heterocycles. The number of hydrogen-bond acceptors (Lipinski definition) is 10. The molecule has 0 unspecified atom stereocenters. The number of nitrogens with one attached hydrogen (secondary N) is 2. The van der Waals surface area contributed by atoms with Crippen molar-refractivity contribution in [2.45, 2.75) is 67.7 Å². The highest BCUT2D eigenvalue weighted by molar-refractivity contribution is 7.99. The number of anilines is 3. The van der Waals surface area contributed by atoms with Crippen molar-refractivity contribution in [3.05, 3.63) is 35.4 Å². The van der Waals surface area contributed by atoms with Gasteiger partial charge in [-0.1, -0.05) is 24.8 Å². The molecule has 13 heteroatoms. The summed E-state index contributed by atoms with van der Waals surface area (Å²) >= 11 is 1.52. The Morgan fingerprint density at radius 3 is 2.81 bits per heavy atom. The van der Waals surface area contributed by atoms with Gasteiger partial charge in [0.1, 0.15) is 18.2 Å². The second kappa shape index (κ2) is 10.6. The number of hydrogen-bond donors (Lipinski definition) is 6. The Kier molecular flexibility index (Phi) is 7.47. The van der Waals surface area contributed by atoms with E-state index in [1.54, 1.807) is 16.6 Å². The minimum Gasteiger partial charge on any atom is -0.394 e. The number of thioether (sulfide) groups is 1. The molecule has 2 fully saturated rings. The van der Waals surface area contributed by atoms with Crippen molar-refractivity contribution in [2.24, 2.45) is 0 Å². The maximum Gasteiger partial charge on any atom is 0.214 e. The van der Waals surface area contributed by atoms with Crippen molar-refractivity contribution in [2.75, 3.05) is 34.7 Å². The van der Waals surface area contributed by atoms with Crippen LogP contribution in [-0.4, -0.2) is 74.6 Å². The van der Waals surface area contributed by atoms with Crippen molar-refractivity contribution in [3.63, 3.8) is 0 Å². The van der Waals surface area contributed by atoms with Gasteiger partial charge in [0.05, 0.1) is 19.3 Å². The van der Waals surface area contributed by atoms with Gasteiger partial charge in [-0.2, -0.15) is 9.99 Å².